The molecule has 0 N–H and O–H groups in total. The van der Waals surface area contributed by atoms with Gasteiger partial charge < -0.3 is 14.7 Å². The molecule has 0 heterocycles. The van der Waals surface area contributed by atoms with Crippen LogP contribution in [0.3, 0.4) is 0 Å². The van der Waals surface area contributed by atoms with Crippen LogP contribution >= 0.6 is 0 Å². The van der Waals surface area contributed by atoms with E-state index in [1.54, 1.807) is 6.92 Å². The lowest BCUT2D eigenvalue weighted by Gasteiger charge is -2.27. The Morgan fingerprint density at radius 3 is 0.944 bits per heavy atom. The highest BCUT2D eigenvalue weighted by Gasteiger charge is 2.23. The van der Waals surface area contributed by atoms with Crippen LogP contribution in [0.1, 0.15) is 78.5 Å². The normalized spacial score (nSPS) is 14.3. The average molecular weight is 1870 g/mol. The molecule has 0 saturated carbocycles. The van der Waals surface area contributed by atoms with Gasteiger partial charge >= 0.3 is 0 Å². The third kappa shape index (κ3) is 19.3. The highest BCUT2D eigenvalue weighted by Crippen LogP contribution is 2.47. The molecule has 0 unspecified atom stereocenters. The molecule has 0 fully saturated rings. The number of terminal acetylenes is 2. The molecule has 0 radical (unpaired) electrons. The Hall–Kier alpha value is -18.6. The van der Waals surface area contributed by atoms with Gasteiger partial charge in [0, 0.05) is 51.2 Å². The van der Waals surface area contributed by atoms with Crippen LogP contribution in [-0.2, 0) is 5.41 Å². The zero-order valence-electron chi connectivity index (χ0n) is 111. The summed E-state index contributed by atoms with van der Waals surface area (Å²) in [4.78, 5) is 5.03. The summed E-state index contributed by atoms with van der Waals surface area (Å²) in [5.41, 5.74) is 8.80. The van der Waals surface area contributed by atoms with Gasteiger partial charge in [0.2, 0.25) is 0 Å². The van der Waals surface area contributed by atoms with Crippen LogP contribution in [0, 0.1) is 25.2 Å². The lowest BCUT2D eigenvalue weighted by Crippen LogP contribution is -2.13. The van der Waals surface area contributed by atoms with Crippen molar-refractivity contribution in [2.24, 2.45) is 0 Å². The van der Waals surface area contributed by atoms with Crippen LogP contribution in [0.5, 0.6) is 0 Å². The monoisotopic (exact) mass is 1870 g/mol. The summed E-state index contributed by atoms with van der Waals surface area (Å²) >= 11 is 0. The van der Waals surface area contributed by atoms with E-state index in [0.717, 1.165) is 34.1 Å². The Labute approximate surface area is 890 Å². The maximum Gasteiger partial charge on any atom is 0.0652 e. The van der Waals surface area contributed by atoms with Crippen molar-refractivity contribution in [1.29, 1.82) is 0 Å². The standard InChI is InChI=1S/2C48H33N.C40H33N.C3H4.C2H2/c2*1-3-10-34(11-4-1)36-18-25-42(26-19-36)49(43-27-20-37(21-28-43)41-16-9-15-40(32-41)35-12-5-2-6-13-35)44-29-22-39-24-30-46-45-17-8-7-14-38(45)23-31-47(46)48(39)33-44;1-40(2,3)32-18-23-34(24-19-32)41(33-20-13-29(14-21-33)28-9-5-4-6-10-28)35-22-15-31-17-25-37-36-12-8-7-11-30(36)16-26-38(37)39(31)27-35;1-3-2;1-2/h2*1-33H;4-27H,1-3H3;1H,2H3;1-2H/i1D,2D,3D,4D,5D,6D,7D,8D,9D,10D,11D,12D,13D,14D,15D,16D,17D,18D,19D,20D,21D,22D,23D,24D,25D,26D,27D,28D,29D,30D,31D,32D,33D;;;;. The summed E-state index contributed by atoms with van der Waals surface area (Å²) in [7, 11) is 0. The Kier molecular flexibility index (Phi) is 17.6. The van der Waals surface area contributed by atoms with Crippen LogP contribution in [0.25, 0.3) is 175 Å². The fraction of sp³-hybridized carbons (Fsp3) is 0.0355. The van der Waals surface area contributed by atoms with E-state index in [0.29, 0.717) is 0 Å². The Morgan fingerprint density at radius 1 is 0.188 bits per heavy atom. The summed E-state index contributed by atoms with van der Waals surface area (Å²) in [5.74, 6) is 2.25. The van der Waals surface area contributed by atoms with E-state index in [1.807, 2.05) is 0 Å². The van der Waals surface area contributed by atoms with Crippen molar-refractivity contribution in [1.82, 2.24) is 0 Å². The first-order valence-electron chi connectivity index (χ1n) is 63.0. The molecule has 0 aliphatic heterocycles. The molecular formula is C141H105N3. The molecule has 684 valence electrons. The van der Waals surface area contributed by atoms with Gasteiger partial charge in [0.15, 0.2) is 0 Å². The van der Waals surface area contributed by atoms with Gasteiger partial charge in [0.05, 0.1) is 45.2 Å². The molecule has 0 spiro atoms. The van der Waals surface area contributed by atoms with Crippen LogP contribution < -0.4 is 14.7 Å². The van der Waals surface area contributed by atoms with E-state index in [1.165, 1.54) is 115 Å². The van der Waals surface area contributed by atoms with E-state index >= 15 is 0 Å². The zero-order valence-corrected chi connectivity index (χ0v) is 78.5. The third-order valence-electron chi connectivity index (χ3n) is 25.0. The largest absolute Gasteiger partial charge is 0.310 e. The van der Waals surface area contributed by atoms with Gasteiger partial charge in [-0.25, -0.2) is 0 Å². The summed E-state index contributed by atoms with van der Waals surface area (Å²) in [6.45, 7) is 8.45. The minimum Gasteiger partial charge on any atom is -0.310 e. The molecule has 0 aromatic heterocycles. The topological polar surface area (TPSA) is 9.72 Å². The summed E-state index contributed by atoms with van der Waals surface area (Å²) < 4.78 is 295. The molecule has 0 amide bonds. The first kappa shape index (κ1) is 60.9. The number of nitrogens with zero attached hydrogens (tertiary/aromatic N) is 3. The maximum atomic E-state index is 9.98. The van der Waals surface area contributed by atoms with Crippen molar-refractivity contribution in [3.8, 4) is 103 Å². The fourth-order valence-corrected chi connectivity index (χ4v) is 18.0. The van der Waals surface area contributed by atoms with E-state index in [9.17, 15) is 19.2 Å². The second-order valence-electron chi connectivity index (χ2n) is 34.8. The van der Waals surface area contributed by atoms with Gasteiger partial charge in [0.25, 0.3) is 0 Å². The number of fused-ring (bicyclic) bond motifs is 15. The quantitative estimate of drug-likeness (QED) is 0.0705. The van der Waals surface area contributed by atoms with Crippen molar-refractivity contribution in [3.05, 3.63) is 551 Å². The first-order valence-corrected chi connectivity index (χ1v) is 46.5. The Balaban J connectivity index is 0.000000157. The predicted molar refractivity (Wildman–Crippen MR) is 622 cm³/mol. The highest BCUT2D eigenvalue weighted by molar-refractivity contribution is 6.21. The molecule has 0 atom stereocenters. The third-order valence-corrected chi connectivity index (χ3v) is 25.0. The van der Waals surface area contributed by atoms with Crippen LogP contribution in [0.4, 0.5) is 51.2 Å². The second kappa shape index (κ2) is 41.6. The Bertz CT molecular complexity index is 11100. The minimum absolute atomic E-state index is 0.103. The zero-order chi connectivity index (χ0) is 127. The predicted octanol–water partition coefficient (Wildman–Crippen LogP) is 39.7. The first-order chi connectivity index (χ1) is 84.7. The number of hydrogen-bond donors (Lipinski definition) is 0. The van der Waals surface area contributed by atoms with Crippen molar-refractivity contribution in [2.75, 3.05) is 14.7 Å². The molecule has 3 heteroatoms. The van der Waals surface area contributed by atoms with Gasteiger partial charge in [0.1, 0.15) is 0 Å². The number of benzene rings is 25. The van der Waals surface area contributed by atoms with Crippen LogP contribution in [0.15, 0.2) is 545 Å². The van der Waals surface area contributed by atoms with Gasteiger partial charge in [-0.2, -0.15) is 0 Å². The molecule has 3 nitrogen and oxygen atoms in total. The van der Waals surface area contributed by atoms with Gasteiger partial charge in [-0.3, -0.25) is 0 Å². The molecule has 25 rings (SSSR count). The van der Waals surface area contributed by atoms with Gasteiger partial charge in [-0.05, 0) is 314 Å². The van der Waals surface area contributed by atoms with E-state index in [2.05, 4.69) is 402 Å². The van der Waals surface area contributed by atoms with Gasteiger partial charge in [-0.1, -0.05) is 445 Å². The van der Waals surface area contributed by atoms with Crippen LogP contribution in [0.2, 0.25) is 0 Å². The molecule has 0 saturated heterocycles. The van der Waals surface area contributed by atoms with E-state index in [-0.39, 0.29) is 10.3 Å². The number of hydrogen-bond acceptors (Lipinski definition) is 3. The smallest absolute Gasteiger partial charge is 0.0652 e. The van der Waals surface area contributed by atoms with Crippen molar-refractivity contribution in [3.63, 3.8) is 0 Å². The molecule has 0 bridgehead atoms. The minimum atomic E-state index is -1.36. The summed E-state index contributed by atoms with van der Waals surface area (Å²) in [6.07, 6.45) is 12.6. The molecule has 144 heavy (non-hydrogen) atoms. The SMILES string of the molecule is C#C.C#CC.CC(C)(C)c1ccc(N(c2ccc(-c3ccccc3)cc2)c2ccc3ccc4c5ccccc5ccc4c3c2)cc1.[2H]c1c([2H])c([2H])c(-c2c([2H])c([2H])c(N(c3c([2H])c([2H])c(-c4c([2H])c([2H])c([2H])c(-c5c([2H])c([2H])c([2H])c([2H])c5[2H])c4[2H])c([2H])c3[2H])c3c([2H])c([2H])c4c([2H])c([2H])c5c6c([2H])c([2H])c([2H])c([2H])c6c([2H])c([2H])c5c4c3[2H])c([2H])c2[2H])c([2H])c1[2H].c1ccc(-c2ccc(N(c3ccc(-c4cccc(-c5ccccc5)c4)cc3)c3ccc4ccc5c6ccccc6ccc5c4c3)cc2)cc1. The van der Waals surface area contributed by atoms with E-state index in [4.69, 9.17) is 26.0 Å². The van der Waals surface area contributed by atoms with Crippen molar-refractivity contribution in [2.45, 2.75) is 33.1 Å². The number of anilines is 9. The fourth-order valence-electron chi connectivity index (χ4n) is 18.0. The van der Waals surface area contributed by atoms with Gasteiger partial charge in [-0.15, -0.1) is 25.2 Å². The molecule has 25 aromatic rings. The van der Waals surface area contributed by atoms with Crippen LogP contribution in [-0.4, -0.2) is 0 Å². The summed E-state index contributed by atoms with van der Waals surface area (Å²) in [6, 6.07) is 90.4. The second-order valence-corrected chi connectivity index (χ2v) is 34.8. The van der Waals surface area contributed by atoms with Crippen molar-refractivity contribution < 1.29 is 45.2 Å². The maximum absolute atomic E-state index is 9.98. The summed E-state index contributed by atoms with van der Waals surface area (Å²) in [5, 5.41) is 11.1. The molecular weight excluding hydrogens is 1740 g/mol. The van der Waals surface area contributed by atoms with Crippen molar-refractivity contribution >= 4 is 148 Å². The molecule has 0 aliphatic carbocycles. The average Bonchev–Trinajstić information content (AvgIpc) is 0.690. The van der Waals surface area contributed by atoms with E-state index < -0.39 is 282 Å². The molecule has 0 aliphatic rings. The molecule has 25 aromatic carbocycles. The Morgan fingerprint density at radius 2 is 0.493 bits per heavy atom. The number of rotatable bonds is 16. The highest BCUT2D eigenvalue weighted by atomic mass is 15.2. The lowest BCUT2D eigenvalue weighted by atomic mass is 9.87. The lowest BCUT2D eigenvalue weighted by molar-refractivity contribution is 0.590.